The van der Waals surface area contributed by atoms with Gasteiger partial charge in [0.2, 0.25) is 0 Å². The molecule has 0 atom stereocenters. The molecule has 7 heteroatoms. The predicted octanol–water partition coefficient (Wildman–Crippen LogP) is 14.1. The van der Waals surface area contributed by atoms with Crippen molar-refractivity contribution < 1.29 is 8.83 Å². The molecule has 58 heavy (non-hydrogen) atoms. The molecule has 8 aromatic carbocycles. The lowest BCUT2D eigenvalue weighted by atomic mass is 10.0. The summed E-state index contributed by atoms with van der Waals surface area (Å²) >= 11 is 1.74. The minimum absolute atomic E-state index is 0.604. The molecule has 0 unspecified atom stereocenters. The van der Waals surface area contributed by atoms with Gasteiger partial charge in [-0.05, 0) is 54.6 Å². The predicted molar refractivity (Wildman–Crippen MR) is 238 cm³/mol. The van der Waals surface area contributed by atoms with Crippen LogP contribution in [0.3, 0.4) is 0 Å². The van der Waals surface area contributed by atoms with Crippen molar-refractivity contribution >= 4 is 97.2 Å². The molecule has 0 N–H and O–H groups in total. The maximum absolute atomic E-state index is 6.73. The molecule has 0 bridgehead atoms. The molecule has 0 saturated heterocycles. The van der Waals surface area contributed by atoms with E-state index in [2.05, 4.69) is 114 Å². The van der Waals surface area contributed by atoms with E-state index in [9.17, 15) is 0 Å². The molecule has 5 heterocycles. The number of benzene rings is 8. The Hall–Kier alpha value is -7.61. The summed E-state index contributed by atoms with van der Waals surface area (Å²) in [5, 5.41) is 8.77. The third kappa shape index (κ3) is 4.50. The third-order valence-corrected chi connectivity index (χ3v) is 12.6. The number of hydrogen-bond donors (Lipinski definition) is 0. The number of hydrogen-bond acceptors (Lipinski definition) is 6. The smallest absolute Gasteiger partial charge is 0.165 e. The van der Waals surface area contributed by atoms with Crippen molar-refractivity contribution in [2.75, 3.05) is 0 Å². The third-order valence-electron chi connectivity index (χ3n) is 11.4. The molecule has 0 aliphatic heterocycles. The highest BCUT2D eigenvalue weighted by Gasteiger charge is 2.24. The molecule has 0 radical (unpaired) electrons. The molecule has 0 fully saturated rings. The maximum Gasteiger partial charge on any atom is 0.165 e. The van der Waals surface area contributed by atoms with Crippen molar-refractivity contribution in [3.8, 4) is 39.9 Å². The highest BCUT2D eigenvalue weighted by molar-refractivity contribution is 7.26. The summed E-state index contributed by atoms with van der Waals surface area (Å²) in [5.41, 5.74) is 9.40. The molecular weight excluding hydrogens is 733 g/mol. The van der Waals surface area contributed by atoms with Gasteiger partial charge in [0, 0.05) is 69.5 Å². The van der Waals surface area contributed by atoms with Crippen molar-refractivity contribution in [3.05, 3.63) is 170 Å². The lowest BCUT2D eigenvalue weighted by Crippen LogP contribution is -2.01. The van der Waals surface area contributed by atoms with Gasteiger partial charge in [0.15, 0.2) is 17.5 Å². The Morgan fingerprint density at radius 2 is 0.966 bits per heavy atom. The summed E-state index contributed by atoms with van der Waals surface area (Å²) < 4.78 is 18.0. The monoisotopic (exact) mass is 760 g/mol. The maximum atomic E-state index is 6.73. The Kier molecular flexibility index (Phi) is 6.50. The Balaban J connectivity index is 1.18. The summed E-state index contributed by atoms with van der Waals surface area (Å²) in [6, 6.07) is 58.9. The summed E-state index contributed by atoms with van der Waals surface area (Å²) in [5.74, 6) is 1.84. The van der Waals surface area contributed by atoms with Crippen LogP contribution < -0.4 is 0 Å². The Morgan fingerprint density at radius 1 is 0.414 bits per heavy atom. The van der Waals surface area contributed by atoms with Gasteiger partial charge in [-0.2, -0.15) is 0 Å². The van der Waals surface area contributed by atoms with Crippen molar-refractivity contribution in [1.82, 2.24) is 19.5 Å². The fourth-order valence-corrected chi connectivity index (χ4v) is 10.1. The molecule has 13 aromatic rings. The van der Waals surface area contributed by atoms with E-state index in [4.69, 9.17) is 23.8 Å². The SMILES string of the molecule is c1ccc(-c2nc(-c3ccccc3)nc(-c3cc(-n4c5ccccc5c5c6oc7ccccc7c6ccc54)cc4c3sc3ccc5c6ccccc6oc5c34)n2)cc1. The molecule has 13 rings (SSSR count). The van der Waals surface area contributed by atoms with Gasteiger partial charge in [0.25, 0.3) is 0 Å². The average Bonchev–Trinajstić information content (AvgIpc) is 4.05. The van der Waals surface area contributed by atoms with Crippen molar-refractivity contribution in [2.24, 2.45) is 0 Å². The van der Waals surface area contributed by atoms with E-state index in [1.54, 1.807) is 11.3 Å². The van der Waals surface area contributed by atoms with Crippen LogP contribution in [0, 0.1) is 0 Å². The molecule has 0 saturated carbocycles. The van der Waals surface area contributed by atoms with Crippen molar-refractivity contribution in [3.63, 3.8) is 0 Å². The molecular formula is C51H28N4O2S. The standard InChI is InChI=1S/C51H28N4O2S/c1-3-13-29(14-4-1)49-52-50(30-15-5-2-6-16-30)54-51(53-49)38-28-31(27-37-45-43(58-48(37)38)26-24-35-33-18-9-12-22-42(33)57-47(35)45)55-39-20-10-7-19-36(39)44-40(55)25-23-34-32-17-8-11-21-41(32)56-46(34)44/h1-28H. The minimum atomic E-state index is 0.604. The van der Waals surface area contributed by atoms with Gasteiger partial charge in [-0.25, -0.2) is 15.0 Å². The number of nitrogens with zero attached hydrogens (tertiary/aromatic N) is 4. The molecule has 0 aliphatic rings. The Bertz CT molecular complexity index is 3740. The zero-order valence-corrected chi connectivity index (χ0v) is 31.5. The summed E-state index contributed by atoms with van der Waals surface area (Å²) in [6.07, 6.45) is 0. The summed E-state index contributed by atoms with van der Waals surface area (Å²) in [6.45, 7) is 0. The normalized spacial score (nSPS) is 12.1. The highest BCUT2D eigenvalue weighted by Crippen LogP contribution is 2.47. The molecule has 0 spiro atoms. The average molecular weight is 761 g/mol. The number of para-hydroxylation sites is 3. The summed E-state index contributed by atoms with van der Waals surface area (Å²) in [4.78, 5) is 15.6. The summed E-state index contributed by atoms with van der Waals surface area (Å²) in [7, 11) is 0. The Labute approximate surface area is 333 Å². The first-order valence-corrected chi connectivity index (χ1v) is 20.1. The largest absolute Gasteiger partial charge is 0.455 e. The number of thiophene rings is 1. The zero-order valence-electron chi connectivity index (χ0n) is 30.7. The van der Waals surface area contributed by atoms with Gasteiger partial charge in [-0.1, -0.05) is 115 Å². The lowest BCUT2D eigenvalue weighted by Gasteiger charge is -2.13. The topological polar surface area (TPSA) is 69.9 Å². The van der Waals surface area contributed by atoms with Gasteiger partial charge in [0.1, 0.15) is 22.3 Å². The number of aromatic nitrogens is 4. The van der Waals surface area contributed by atoms with E-state index in [0.717, 1.165) is 108 Å². The number of furan rings is 2. The fraction of sp³-hybridized carbons (Fsp3) is 0. The van der Waals surface area contributed by atoms with Crippen LogP contribution in [0.5, 0.6) is 0 Å². The second kappa shape index (κ2) is 11.9. The van der Waals surface area contributed by atoms with Crippen LogP contribution in [0.4, 0.5) is 0 Å². The lowest BCUT2D eigenvalue weighted by molar-refractivity contribution is 0.672. The second-order valence-corrected chi connectivity index (χ2v) is 15.8. The van der Waals surface area contributed by atoms with Crippen LogP contribution in [0.25, 0.3) is 126 Å². The minimum Gasteiger partial charge on any atom is -0.455 e. The van der Waals surface area contributed by atoms with Crippen LogP contribution in [0.15, 0.2) is 179 Å². The Morgan fingerprint density at radius 3 is 1.64 bits per heavy atom. The van der Waals surface area contributed by atoms with Crippen LogP contribution in [0.1, 0.15) is 0 Å². The van der Waals surface area contributed by atoms with Crippen LogP contribution in [-0.4, -0.2) is 19.5 Å². The van der Waals surface area contributed by atoms with Crippen LogP contribution in [-0.2, 0) is 0 Å². The van der Waals surface area contributed by atoms with E-state index in [0.29, 0.717) is 17.5 Å². The first kappa shape index (κ1) is 31.6. The fourth-order valence-electron chi connectivity index (χ4n) is 8.87. The number of rotatable bonds is 4. The second-order valence-electron chi connectivity index (χ2n) is 14.7. The van der Waals surface area contributed by atoms with Crippen molar-refractivity contribution in [1.29, 1.82) is 0 Å². The van der Waals surface area contributed by atoms with E-state index in [1.807, 2.05) is 60.7 Å². The van der Waals surface area contributed by atoms with Gasteiger partial charge < -0.3 is 13.4 Å². The molecule has 5 aromatic heterocycles. The van der Waals surface area contributed by atoms with Crippen molar-refractivity contribution in [2.45, 2.75) is 0 Å². The first-order valence-electron chi connectivity index (χ1n) is 19.3. The molecule has 0 aliphatic carbocycles. The van der Waals surface area contributed by atoms with Gasteiger partial charge in [-0.3, -0.25) is 0 Å². The molecule has 6 nitrogen and oxygen atoms in total. The first-order chi connectivity index (χ1) is 28.7. The molecule has 0 amide bonds. The van der Waals surface area contributed by atoms with E-state index < -0.39 is 0 Å². The zero-order chi connectivity index (χ0) is 37.9. The van der Waals surface area contributed by atoms with E-state index in [-0.39, 0.29) is 0 Å². The quantitative estimate of drug-likeness (QED) is 0.179. The van der Waals surface area contributed by atoms with E-state index in [1.165, 1.54) is 0 Å². The van der Waals surface area contributed by atoms with Crippen LogP contribution >= 0.6 is 11.3 Å². The van der Waals surface area contributed by atoms with Gasteiger partial charge in [-0.15, -0.1) is 11.3 Å². The number of fused-ring (bicyclic) bond motifs is 14. The van der Waals surface area contributed by atoms with E-state index >= 15 is 0 Å². The molecule has 270 valence electrons. The van der Waals surface area contributed by atoms with Gasteiger partial charge >= 0.3 is 0 Å². The van der Waals surface area contributed by atoms with Crippen LogP contribution in [0.2, 0.25) is 0 Å². The highest BCUT2D eigenvalue weighted by atomic mass is 32.1. The van der Waals surface area contributed by atoms with Gasteiger partial charge in [0.05, 0.1) is 16.4 Å².